The smallest absolute Gasteiger partial charge is 0.134 e. The molecule has 1 aromatic heterocycles. The molecule has 0 amide bonds. The van der Waals surface area contributed by atoms with Gasteiger partial charge in [-0.2, -0.15) is 11.8 Å². The van der Waals surface area contributed by atoms with Gasteiger partial charge in [-0.3, -0.25) is 0 Å². The Morgan fingerprint density at radius 3 is 2.70 bits per heavy atom. The minimum Gasteiger partial charge on any atom is -0.381 e. The molecule has 0 saturated carbocycles. The Hall–Kier alpha value is -1.79. The average Bonchev–Trinajstić information content (AvgIpc) is 2.74. The Kier molecular flexibility index (Phi) is 5.83. The van der Waals surface area contributed by atoms with Crippen LogP contribution in [0.1, 0.15) is 24.0 Å². The second kappa shape index (κ2) is 8.48. The van der Waals surface area contributed by atoms with Crippen molar-refractivity contribution >= 4 is 23.4 Å². The molecule has 2 aromatic rings. The lowest BCUT2D eigenvalue weighted by Crippen LogP contribution is -2.40. The zero-order valence-electron chi connectivity index (χ0n) is 16.0. The van der Waals surface area contributed by atoms with Gasteiger partial charge in [-0.15, -0.1) is 0 Å². The van der Waals surface area contributed by atoms with Crippen LogP contribution < -0.4 is 10.2 Å². The molecule has 2 aliphatic rings. The normalized spacial score (nSPS) is 19.7. The van der Waals surface area contributed by atoms with Gasteiger partial charge in [0.25, 0.3) is 0 Å². The molecule has 4 rings (SSSR count). The number of nitrogens with zero attached hydrogens (tertiary/aromatic N) is 3. The Labute approximate surface area is 165 Å². The van der Waals surface area contributed by atoms with Crippen molar-refractivity contribution in [1.82, 2.24) is 9.97 Å². The van der Waals surface area contributed by atoms with E-state index >= 15 is 0 Å². The largest absolute Gasteiger partial charge is 0.381 e. The Morgan fingerprint density at radius 1 is 1.15 bits per heavy atom. The van der Waals surface area contributed by atoms with E-state index in [2.05, 4.69) is 57.4 Å². The van der Waals surface area contributed by atoms with Crippen molar-refractivity contribution < 1.29 is 4.74 Å². The minimum atomic E-state index is 0.0937. The van der Waals surface area contributed by atoms with E-state index in [0.717, 1.165) is 57.3 Å². The second-order valence-electron chi connectivity index (χ2n) is 7.42. The second-order valence-corrected chi connectivity index (χ2v) is 8.65. The summed E-state index contributed by atoms with van der Waals surface area (Å²) >= 11 is 2.01. The molecule has 6 heteroatoms. The Balaban J connectivity index is 1.52. The van der Waals surface area contributed by atoms with Crippen molar-refractivity contribution in [3.63, 3.8) is 0 Å². The van der Waals surface area contributed by atoms with E-state index in [0.29, 0.717) is 0 Å². The van der Waals surface area contributed by atoms with E-state index in [1.807, 2.05) is 11.8 Å². The number of aromatic nitrogens is 2. The SMILES string of the molecule is Cc1ccccc1C1(CNc2cc(N3CCSCC3)ncn2)CCOCC1. The van der Waals surface area contributed by atoms with Crippen LogP contribution in [-0.4, -0.2) is 54.3 Å². The summed E-state index contributed by atoms with van der Waals surface area (Å²) in [5, 5.41) is 3.62. The summed E-state index contributed by atoms with van der Waals surface area (Å²) in [4.78, 5) is 11.3. The first-order valence-electron chi connectivity index (χ1n) is 9.79. The molecule has 0 spiro atoms. The highest BCUT2D eigenvalue weighted by Gasteiger charge is 2.35. The van der Waals surface area contributed by atoms with Crippen molar-refractivity contribution in [2.45, 2.75) is 25.2 Å². The number of rotatable bonds is 5. The molecular formula is C21H28N4OS. The first kappa shape index (κ1) is 18.6. The molecule has 2 aliphatic heterocycles. The number of hydrogen-bond donors (Lipinski definition) is 1. The molecule has 5 nitrogen and oxygen atoms in total. The van der Waals surface area contributed by atoms with Gasteiger partial charge < -0.3 is 15.0 Å². The van der Waals surface area contributed by atoms with Crippen LogP contribution in [0.25, 0.3) is 0 Å². The van der Waals surface area contributed by atoms with Crippen molar-refractivity contribution in [3.05, 3.63) is 47.8 Å². The quantitative estimate of drug-likeness (QED) is 0.851. The van der Waals surface area contributed by atoms with Gasteiger partial charge >= 0.3 is 0 Å². The van der Waals surface area contributed by atoms with Crippen LogP contribution in [0.3, 0.4) is 0 Å². The van der Waals surface area contributed by atoms with Gasteiger partial charge in [-0.05, 0) is 30.9 Å². The summed E-state index contributed by atoms with van der Waals surface area (Å²) in [6.45, 7) is 6.83. The lowest BCUT2D eigenvalue weighted by Gasteiger charge is -2.39. The molecule has 0 radical (unpaired) electrons. The lowest BCUT2D eigenvalue weighted by molar-refractivity contribution is 0.0541. The molecular weight excluding hydrogens is 356 g/mol. The van der Waals surface area contributed by atoms with Crippen LogP contribution in [0.15, 0.2) is 36.7 Å². The van der Waals surface area contributed by atoms with Gasteiger partial charge in [0.05, 0.1) is 0 Å². The zero-order chi connectivity index (χ0) is 18.5. The van der Waals surface area contributed by atoms with Gasteiger partial charge in [-0.1, -0.05) is 24.3 Å². The Bertz CT molecular complexity index is 757. The maximum absolute atomic E-state index is 5.67. The topological polar surface area (TPSA) is 50.3 Å². The highest BCUT2D eigenvalue weighted by molar-refractivity contribution is 7.99. The number of benzene rings is 1. The van der Waals surface area contributed by atoms with Gasteiger partial charge in [0.15, 0.2) is 0 Å². The molecule has 1 aromatic carbocycles. The number of thioether (sulfide) groups is 1. The third kappa shape index (κ3) is 4.22. The molecule has 2 saturated heterocycles. The summed E-state index contributed by atoms with van der Waals surface area (Å²) in [5.41, 5.74) is 2.88. The third-order valence-electron chi connectivity index (χ3n) is 5.76. The summed E-state index contributed by atoms with van der Waals surface area (Å²) in [7, 11) is 0. The fraction of sp³-hybridized carbons (Fsp3) is 0.524. The molecule has 0 aliphatic carbocycles. The number of aryl methyl sites for hydroxylation is 1. The van der Waals surface area contributed by atoms with Gasteiger partial charge in [0.2, 0.25) is 0 Å². The van der Waals surface area contributed by atoms with Crippen LogP contribution in [0.5, 0.6) is 0 Å². The lowest BCUT2D eigenvalue weighted by atomic mass is 9.72. The third-order valence-corrected chi connectivity index (χ3v) is 6.70. The standard InChI is InChI=1S/C21H28N4OS/c1-17-4-2-3-5-18(17)21(6-10-26-11-7-21)15-22-19-14-20(24-16-23-19)25-8-12-27-13-9-25/h2-5,14,16H,6-13,15H2,1H3,(H,22,23,24). The zero-order valence-corrected chi connectivity index (χ0v) is 16.8. The predicted octanol–water partition coefficient (Wildman–Crippen LogP) is 3.50. The summed E-state index contributed by atoms with van der Waals surface area (Å²) in [6, 6.07) is 10.9. The Morgan fingerprint density at radius 2 is 1.93 bits per heavy atom. The number of ether oxygens (including phenoxy) is 1. The maximum Gasteiger partial charge on any atom is 0.134 e. The van der Waals surface area contributed by atoms with Crippen LogP contribution >= 0.6 is 11.8 Å². The first-order chi connectivity index (χ1) is 13.3. The van der Waals surface area contributed by atoms with Gasteiger partial charge in [-0.25, -0.2) is 9.97 Å². The number of hydrogen-bond acceptors (Lipinski definition) is 6. The van der Waals surface area contributed by atoms with E-state index < -0.39 is 0 Å². The summed E-state index contributed by atoms with van der Waals surface area (Å²) in [6.07, 6.45) is 3.75. The molecule has 2 fully saturated rings. The molecule has 0 bridgehead atoms. The van der Waals surface area contributed by atoms with Gasteiger partial charge in [0, 0.05) is 55.8 Å². The highest BCUT2D eigenvalue weighted by Crippen LogP contribution is 2.37. The average molecular weight is 385 g/mol. The van der Waals surface area contributed by atoms with E-state index in [1.54, 1.807) is 6.33 Å². The molecule has 0 unspecified atom stereocenters. The summed E-state index contributed by atoms with van der Waals surface area (Å²) < 4.78 is 5.67. The highest BCUT2D eigenvalue weighted by atomic mass is 32.2. The van der Waals surface area contributed by atoms with Crippen molar-refractivity contribution in [2.75, 3.05) is 54.6 Å². The van der Waals surface area contributed by atoms with E-state index in [-0.39, 0.29) is 5.41 Å². The van der Waals surface area contributed by atoms with Crippen LogP contribution in [0.4, 0.5) is 11.6 Å². The van der Waals surface area contributed by atoms with Crippen LogP contribution in [-0.2, 0) is 10.2 Å². The van der Waals surface area contributed by atoms with E-state index in [4.69, 9.17) is 4.74 Å². The molecule has 27 heavy (non-hydrogen) atoms. The van der Waals surface area contributed by atoms with Crippen LogP contribution in [0.2, 0.25) is 0 Å². The predicted molar refractivity (Wildman–Crippen MR) is 113 cm³/mol. The van der Waals surface area contributed by atoms with Crippen molar-refractivity contribution in [2.24, 2.45) is 0 Å². The van der Waals surface area contributed by atoms with Crippen molar-refractivity contribution in [3.8, 4) is 0 Å². The fourth-order valence-electron chi connectivity index (χ4n) is 4.14. The maximum atomic E-state index is 5.67. The molecule has 0 atom stereocenters. The first-order valence-corrected chi connectivity index (χ1v) is 10.9. The van der Waals surface area contributed by atoms with Crippen molar-refractivity contribution in [1.29, 1.82) is 0 Å². The van der Waals surface area contributed by atoms with E-state index in [9.17, 15) is 0 Å². The molecule has 144 valence electrons. The number of anilines is 2. The number of nitrogens with one attached hydrogen (secondary N) is 1. The summed E-state index contributed by atoms with van der Waals surface area (Å²) in [5.74, 6) is 4.29. The fourth-order valence-corrected chi connectivity index (χ4v) is 5.04. The van der Waals surface area contributed by atoms with E-state index in [1.165, 1.54) is 22.6 Å². The molecule has 3 heterocycles. The molecule has 1 N–H and O–H groups in total. The minimum absolute atomic E-state index is 0.0937. The van der Waals surface area contributed by atoms with Gasteiger partial charge in [0.1, 0.15) is 18.0 Å². The monoisotopic (exact) mass is 384 g/mol. The van der Waals surface area contributed by atoms with Crippen LogP contribution in [0, 0.1) is 6.92 Å².